The Morgan fingerprint density at radius 3 is 2.90 bits per heavy atom. The summed E-state index contributed by atoms with van der Waals surface area (Å²) in [5.41, 5.74) is 1.74. The van der Waals surface area contributed by atoms with Gasteiger partial charge < -0.3 is 14.8 Å². The van der Waals surface area contributed by atoms with Gasteiger partial charge in [0.1, 0.15) is 12.4 Å². The second kappa shape index (κ2) is 6.88. The normalized spacial score (nSPS) is 20.1. The Morgan fingerprint density at radius 2 is 2.25 bits per heavy atom. The van der Waals surface area contributed by atoms with Crippen LogP contribution in [0.1, 0.15) is 18.9 Å². The first-order chi connectivity index (χ1) is 9.56. The van der Waals surface area contributed by atoms with E-state index in [1.807, 2.05) is 19.1 Å². The van der Waals surface area contributed by atoms with Crippen molar-refractivity contribution in [3.8, 4) is 5.75 Å². The molecule has 1 fully saturated rings. The number of hydrogen-bond acceptors (Lipinski definition) is 3. The lowest BCUT2D eigenvalue weighted by molar-refractivity contribution is 0.0816. The maximum atomic E-state index is 12.2. The average molecular weight is 285 g/mol. The first kappa shape index (κ1) is 15.0. The van der Waals surface area contributed by atoms with Gasteiger partial charge in [0.25, 0.3) is 6.43 Å². The summed E-state index contributed by atoms with van der Waals surface area (Å²) in [6.45, 7) is 4.97. The molecule has 112 valence electrons. The topological polar surface area (TPSA) is 30.5 Å². The summed E-state index contributed by atoms with van der Waals surface area (Å²) >= 11 is 0. The maximum Gasteiger partial charge on any atom is 0.272 e. The second-order valence-corrected chi connectivity index (χ2v) is 5.24. The zero-order chi connectivity index (χ0) is 14.5. The van der Waals surface area contributed by atoms with Gasteiger partial charge in [-0.05, 0) is 31.9 Å². The summed E-state index contributed by atoms with van der Waals surface area (Å²) in [5.74, 6) is 0.993. The van der Waals surface area contributed by atoms with Crippen molar-refractivity contribution >= 4 is 5.69 Å². The third-order valence-corrected chi connectivity index (χ3v) is 3.62. The Hall–Kier alpha value is -1.36. The number of alkyl halides is 2. The second-order valence-electron chi connectivity index (χ2n) is 5.24. The van der Waals surface area contributed by atoms with Crippen LogP contribution in [-0.2, 0) is 4.74 Å². The number of nitrogens with one attached hydrogen (secondary N) is 1. The molecule has 0 bridgehead atoms. The number of ether oxygens (including phenoxy) is 2. The fourth-order valence-electron chi connectivity index (χ4n) is 2.33. The molecule has 1 heterocycles. The number of benzene rings is 1. The van der Waals surface area contributed by atoms with E-state index in [0.29, 0.717) is 11.7 Å². The summed E-state index contributed by atoms with van der Waals surface area (Å²) < 4.78 is 34.9. The van der Waals surface area contributed by atoms with Crippen LogP contribution in [0.2, 0.25) is 0 Å². The number of aryl methyl sites for hydroxylation is 1. The average Bonchev–Trinajstić information content (AvgIpc) is 2.93. The molecule has 0 radical (unpaired) electrons. The van der Waals surface area contributed by atoms with E-state index >= 15 is 0 Å². The SMILES string of the molecule is Cc1ccc(N[C@H](C)[C@@H]2CCOC2)cc1OCC(F)F. The zero-order valence-electron chi connectivity index (χ0n) is 11.9. The molecule has 0 aromatic heterocycles. The van der Waals surface area contributed by atoms with E-state index in [2.05, 4.69) is 12.2 Å². The van der Waals surface area contributed by atoms with E-state index in [9.17, 15) is 8.78 Å². The zero-order valence-corrected chi connectivity index (χ0v) is 11.9. The fraction of sp³-hybridized carbons (Fsp3) is 0.600. The summed E-state index contributed by atoms with van der Waals surface area (Å²) in [7, 11) is 0. The Bertz CT molecular complexity index is 434. The van der Waals surface area contributed by atoms with Gasteiger partial charge >= 0.3 is 0 Å². The highest BCUT2D eigenvalue weighted by Gasteiger charge is 2.22. The van der Waals surface area contributed by atoms with E-state index in [4.69, 9.17) is 9.47 Å². The minimum absolute atomic E-state index is 0.281. The van der Waals surface area contributed by atoms with Crippen LogP contribution < -0.4 is 10.1 Å². The lowest BCUT2D eigenvalue weighted by Gasteiger charge is -2.21. The number of halogens is 2. The van der Waals surface area contributed by atoms with Crippen LogP contribution in [0.25, 0.3) is 0 Å². The maximum absolute atomic E-state index is 12.2. The fourth-order valence-corrected chi connectivity index (χ4v) is 2.33. The summed E-state index contributed by atoms with van der Waals surface area (Å²) in [4.78, 5) is 0. The largest absolute Gasteiger partial charge is 0.487 e. The van der Waals surface area contributed by atoms with Crippen LogP contribution in [0.5, 0.6) is 5.75 Å². The summed E-state index contributed by atoms with van der Waals surface area (Å²) in [6.07, 6.45) is -1.41. The third kappa shape index (κ3) is 4.07. The molecular weight excluding hydrogens is 264 g/mol. The van der Waals surface area contributed by atoms with Gasteiger partial charge in [0.05, 0.1) is 6.61 Å². The highest BCUT2D eigenvalue weighted by atomic mass is 19.3. The predicted molar refractivity (Wildman–Crippen MR) is 74.7 cm³/mol. The number of anilines is 1. The highest BCUT2D eigenvalue weighted by Crippen LogP contribution is 2.26. The van der Waals surface area contributed by atoms with Crippen molar-refractivity contribution in [2.24, 2.45) is 5.92 Å². The lowest BCUT2D eigenvalue weighted by atomic mass is 10.0. The van der Waals surface area contributed by atoms with Crippen molar-refractivity contribution in [2.45, 2.75) is 32.7 Å². The van der Waals surface area contributed by atoms with Crippen LogP contribution in [0, 0.1) is 12.8 Å². The van der Waals surface area contributed by atoms with Crippen molar-refractivity contribution in [2.75, 3.05) is 25.1 Å². The molecule has 1 N–H and O–H groups in total. The monoisotopic (exact) mass is 285 g/mol. The van der Waals surface area contributed by atoms with Gasteiger partial charge in [0, 0.05) is 30.3 Å². The van der Waals surface area contributed by atoms with Crippen LogP contribution in [0.3, 0.4) is 0 Å². The smallest absolute Gasteiger partial charge is 0.272 e. The third-order valence-electron chi connectivity index (χ3n) is 3.62. The minimum Gasteiger partial charge on any atom is -0.487 e. The van der Waals surface area contributed by atoms with Gasteiger partial charge in [-0.1, -0.05) is 6.07 Å². The summed E-state index contributed by atoms with van der Waals surface area (Å²) in [6, 6.07) is 5.88. The van der Waals surface area contributed by atoms with Crippen LogP contribution in [-0.4, -0.2) is 32.3 Å². The molecule has 5 heteroatoms. The molecule has 20 heavy (non-hydrogen) atoms. The van der Waals surface area contributed by atoms with Crippen LogP contribution >= 0.6 is 0 Å². The van der Waals surface area contributed by atoms with Crippen LogP contribution in [0.15, 0.2) is 18.2 Å². The molecule has 2 atom stereocenters. The summed E-state index contributed by atoms with van der Waals surface area (Å²) in [5, 5.41) is 3.39. The quantitative estimate of drug-likeness (QED) is 0.868. The van der Waals surface area contributed by atoms with Gasteiger partial charge in [-0.2, -0.15) is 0 Å². The predicted octanol–water partition coefficient (Wildman–Crippen LogP) is 3.48. The van der Waals surface area contributed by atoms with Gasteiger partial charge in [-0.25, -0.2) is 8.78 Å². The molecule has 1 saturated heterocycles. The van der Waals surface area contributed by atoms with Crippen molar-refractivity contribution in [3.05, 3.63) is 23.8 Å². The van der Waals surface area contributed by atoms with E-state index in [1.165, 1.54) is 0 Å². The molecule has 0 saturated carbocycles. The first-order valence-electron chi connectivity index (χ1n) is 6.92. The number of hydrogen-bond donors (Lipinski definition) is 1. The molecule has 1 aliphatic heterocycles. The van der Waals surface area contributed by atoms with E-state index in [-0.39, 0.29) is 6.04 Å². The molecule has 0 aliphatic carbocycles. The molecule has 1 aromatic carbocycles. The van der Waals surface area contributed by atoms with Gasteiger partial charge in [-0.3, -0.25) is 0 Å². The number of rotatable bonds is 6. The minimum atomic E-state index is -2.46. The molecule has 2 rings (SSSR count). The van der Waals surface area contributed by atoms with Crippen molar-refractivity contribution in [1.82, 2.24) is 0 Å². The molecule has 0 amide bonds. The molecule has 3 nitrogen and oxygen atoms in total. The Morgan fingerprint density at radius 1 is 1.45 bits per heavy atom. The van der Waals surface area contributed by atoms with E-state index in [1.54, 1.807) is 6.07 Å². The van der Waals surface area contributed by atoms with E-state index in [0.717, 1.165) is 30.9 Å². The van der Waals surface area contributed by atoms with Crippen molar-refractivity contribution in [3.63, 3.8) is 0 Å². The van der Waals surface area contributed by atoms with Gasteiger partial charge in [-0.15, -0.1) is 0 Å². The van der Waals surface area contributed by atoms with E-state index < -0.39 is 13.0 Å². The molecule has 0 unspecified atom stereocenters. The Kier molecular flexibility index (Phi) is 5.17. The Labute approximate surface area is 118 Å². The highest BCUT2D eigenvalue weighted by molar-refractivity contribution is 5.52. The Balaban J connectivity index is 1.98. The lowest BCUT2D eigenvalue weighted by Crippen LogP contribution is -2.26. The molecule has 1 aliphatic rings. The molecule has 0 spiro atoms. The van der Waals surface area contributed by atoms with Gasteiger partial charge in [0.15, 0.2) is 0 Å². The van der Waals surface area contributed by atoms with Gasteiger partial charge in [0.2, 0.25) is 0 Å². The van der Waals surface area contributed by atoms with Crippen molar-refractivity contribution < 1.29 is 18.3 Å². The van der Waals surface area contributed by atoms with Crippen molar-refractivity contribution in [1.29, 1.82) is 0 Å². The molecule has 1 aromatic rings. The molecular formula is C15H21F2NO2. The first-order valence-corrected chi connectivity index (χ1v) is 6.92. The standard InChI is InChI=1S/C15H21F2NO2/c1-10-3-4-13(7-14(10)20-9-15(16)17)18-11(2)12-5-6-19-8-12/h3-4,7,11-12,15,18H,5-6,8-9H2,1-2H3/t11-,12-/m1/s1. The van der Waals surface area contributed by atoms with Crippen LogP contribution in [0.4, 0.5) is 14.5 Å².